The number of ether oxygens (including phenoxy) is 1. The van der Waals surface area contributed by atoms with Gasteiger partial charge in [0.25, 0.3) is 0 Å². The number of aliphatic imine (C=N–C) groups is 1. The van der Waals surface area contributed by atoms with Gasteiger partial charge in [-0.25, -0.2) is 0 Å². The SMILES string of the molecule is CN=C(NCCc1ccc(NC(C)=O)cc1)NCC(C)Oc1ccc(Cl)cc1.I. The Balaban J connectivity index is 0.00000420. The van der Waals surface area contributed by atoms with Crippen molar-refractivity contribution < 1.29 is 9.53 Å². The predicted molar refractivity (Wildman–Crippen MR) is 131 cm³/mol. The number of carbonyl (C=O) groups is 1. The van der Waals surface area contributed by atoms with Crippen molar-refractivity contribution in [2.24, 2.45) is 4.99 Å². The van der Waals surface area contributed by atoms with Crippen molar-refractivity contribution in [1.29, 1.82) is 0 Å². The third-order valence-electron chi connectivity index (χ3n) is 3.91. The van der Waals surface area contributed by atoms with Gasteiger partial charge >= 0.3 is 0 Å². The van der Waals surface area contributed by atoms with Gasteiger partial charge in [0.05, 0.1) is 6.54 Å². The molecule has 2 aromatic carbocycles. The average molecular weight is 531 g/mol. The number of hydrogen-bond acceptors (Lipinski definition) is 3. The van der Waals surface area contributed by atoms with E-state index in [1.54, 1.807) is 19.2 Å². The Hall–Kier alpha value is -2.00. The third-order valence-corrected chi connectivity index (χ3v) is 4.16. The summed E-state index contributed by atoms with van der Waals surface area (Å²) in [6.07, 6.45) is 0.818. The van der Waals surface area contributed by atoms with E-state index in [0.717, 1.165) is 30.4 Å². The van der Waals surface area contributed by atoms with Gasteiger partial charge in [-0.1, -0.05) is 23.7 Å². The minimum Gasteiger partial charge on any atom is -0.489 e. The summed E-state index contributed by atoms with van der Waals surface area (Å²) < 4.78 is 5.84. The molecule has 0 heterocycles. The second-order valence-corrected chi connectivity index (χ2v) is 6.83. The number of nitrogens with zero attached hydrogens (tertiary/aromatic N) is 1. The molecule has 3 N–H and O–H groups in total. The molecule has 0 aliphatic rings. The van der Waals surface area contributed by atoms with Crippen molar-refractivity contribution in [2.45, 2.75) is 26.4 Å². The number of amides is 1. The molecule has 0 radical (unpaired) electrons. The van der Waals surface area contributed by atoms with Crippen molar-refractivity contribution in [1.82, 2.24) is 10.6 Å². The lowest BCUT2D eigenvalue weighted by molar-refractivity contribution is -0.114. The standard InChI is InChI=1S/C21H27ClN4O2.HI/c1-15(28-20-10-6-18(22)7-11-20)14-25-21(23-3)24-13-12-17-4-8-19(9-5-17)26-16(2)27;/h4-11,15H,12-14H2,1-3H3,(H,26,27)(H2,23,24,25);1H. The summed E-state index contributed by atoms with van der Waals surface area (Å²) in [6, 6.07) is 15.1. The fourth-order valence-corrected chi connectivity index (χ4v) is 2.66. The van der Waals surface area contributed by atoms with Gasteiger partial charge in [-0.3, -0.25) is 9.79 Å². The van der Waals surface area contributed by atoms with Crippen LogP contribution < -0.4 is 20.7 Å². The van der Waals surface area contributed by atoms with Crippen LogP contribution in [0.5, 0.6) is 5.75 Å². The zero-order valence-corrected chi connectivity index (χ0v) is 20.0. The lowest BCUT2D eigenvalue weighted by Crippen LogP contribution is -2.42. The highest BCUT2D eigenvalue weighted by molar-refractivity contribution is 14.0. The molecule has 0 aromatic heterocycles. The fraction of sp³-hybridized carbons (Fsp3) is 0.333. The molecular weight excluding hydrogens is 503 g/mol. The van der Waals surface area contributed by atoms with Crippen LogP contribution in [0, 0.1) is 0 Å². The lowest BCUT2D eigenvalue weighted by atomic mass is 10.1. The summed E-state index contributed by atoms with van der Waals surface area (Å²) in [4.78, 5) is 15.3. The molecule has 1 unspecified atom stereocenters. The number of anilines is 1. The lowest BCUT2D eigenvalue weighted by Gasteiger charge is -2.18. The summed E-state index contributed by atoms with van der Waals surface area (Å²) >= 11 is 5.88. The highest BCUT2D eigenvalue weighted by Crippen LogP contribution is 2.16. The number of guanidine groups is 1. The maximum absolute atomic E-state index is 11.0. The van der Waals surface area contributed by atoms with Crippen LogP contribution in [0.2, 0.25) is 5.02 Å². The van der Waals surface area contributed by atoms with Gasteiger partial charge in [0.1, 0.15) is 11.9 Å². The van der Waals surface area contributed by atoms with Gasteiger partial charge in [-0.2, -0.15) is 0 Å². The number of benzene rings is 2. The largest absolute Gasteiger partial charge is 0.489 e. The molecule has 1 amide bonds. The van der Waals surface area contributed by atoms with Gasteiger partial charge in [0, 0.05) is 31.2 Å². The highest BCUT2D eigenvalue weighted by Gasteiger charge is 2.06. The monoisotopic (exact) mass is 530 g/mol. The molecule has 0 bridgehead atoms. The van der Waals surface area contributed by atoms with Crippen LogP contribution in [0.25, 0.3) is 0 Å². The Kier molecular flexibility index (Phi) is 11.5. The van der Waals surface area contributed by atoms with Crippen LogP contribution in [0.15, 0.2) is 53.5 Å². The van der Waals surface area contributed by atoms with E-state index in [-0.39, 0.29) is 36.0 Å². The van der Waals surface area contributed by atoms with E-state index in [1.165, 1.54) is 12.5 Å². The maximum atomic E-state index is 11.0. The highest BCUT2D eigenvalue weighted by atomic mass is 127. The van der Waals surface area contributed by atoms with Crippen molar-refractivity contribution in [3.8, 4) is 5.75 Å². The normalized spacial score (nSPS) is 11.8. The summed E-state index contributed by atoms with van der Waals surface area (Å²) in [6.45, 7) is 4.85. The summed E-state index contributed by atoms with van der Waals surface area (Å²) in [5.41, 5.74) is 1.98. The Labute approximate surface area is 194 Å². The Morgan fingerprint density at radius 2 is 1.76 bits per heavy atom. The summed E-state index contributed by atoms with van der Waals surface area (Å²) in [5, 5.41) is 9.99. The van der Waals surface area contributed by atoms with E-state index in [0.29, 0.717) is 11.6 Å². The molecule has 8 heteroatoms. The van der Waals surface area contributed by atoms with Crippen LogP contribution in [-0.2, 0) is 11.2 Å². The van der Waals surface area contributed by atoms with Crippen molar-refractivity contribution in [3.63, 3.8) is 0 Å². The van der Waals surface area contributed by atoms with Gasteiger partial charge in [-0.05, 0) is 55.3 Å². The fourth-order valence-electron chi connectivity index (χ4n) is 2.53. The van der Waals surface area contributed by atoms with Gasteiger partial charge in [0.2, 0.25) is 5.91 Å². The number of carbonyl (C=O) groups excluding carboxylic acids is 1. The van der Waals surface area contributed by atoms with E-state index < -0.39 is 0 Å². The Morgan fingerprint density at radius 3 is 2.34 bits per heavy atom. The predicted octanol–water partition coefficient (Wildman–Crippen LogP) is 4.09. The molecule has 0 fully saturated rings. The van der Waals surface area contributed by atoms with Gasteiger partial charge in [0.15, 0.2) is 5.96 Å². The van der Waals surface area contributed by atoms with E-state index in [2.05, 4.69) is 20.9 Å². The Morgan fingerprint density at radius 1 is 1.10 bits per heavy atom. The van der Waals surface area contributed by atoms with E-state index in [9.17, 15) is 4.79 Å². The molecule has 0 saturated carbocycles. The van der Waals surface area contributed by atoms with Crippen molar-refractivity contribution in [2.75, 3.05) is 25.5 Å². The van der Waals surface area contributed by atoms with Crippen LogP contribution >= 0.6 is 35.6 Å². The van der Waals surface area contributed by atoms with Crippen LogP contribution in [0.4, 0.5) is 5.69 Å². The summed E-state index contributed by atoms with van der Waals surface area (Å²) in [5.74, 6) is 1.43. The van der Waals surface area contributed by atoms with Crippen LogP contribution in [0.3, 0.4) is 0 Å². The topological polar surface area (TPSA) is 74.8 Å². The Bertz CT molecular complexity index is 782. The molecule has 6 nitrogen and oxygen atoms in total. The van der Waals surface area contributed by atoms with Crippen molar-refractivity contribution in [3.05, 3.63) is 59.1 Å². The molecule has 158 valence electrons. The van der Waals surface area contributed by atoms with Gasteiger partial charge in [-0.15, -0.1) is 24.0 Å². The zero-order valence-electron chi connectivity index (χ0n) is 16.9. The molecule has 0 spiro atoms. The molecule has 2 aromatic rings. The molecule has 29 heavy (non-hydrogen) atoms. The van der Waals surface area contributed by atoms with Crippen LogP contribution in [-0.4, -0.2) is 38.1 Å². The van der Waals surface area contributed by atoms with E-state index >= 15 is 0 Å². The molecule has 0 aliphatic heterocycles. The van der Waals surface area contributed by atoms with Crippen LogP contribution in [0.1, 0.15) is 19.4 Å². The first kappa shape index (κ1) is 25.0. The number of nitrogens with one attached hydrogen (secondary N) is 3. The third kappa shape index (κ3) is 9.85. The quantitative estimate of drug-likeness (QED) is 0.273. The molecule has 0 aliphatic carbocycles. The number of hydrogen-bond donors (Lipinski definition) is 3. The smallest absolute Gasteiger partial charge is 0.221 e. The first-order valence-electron chi connectivity index (χ1n) is 9.19. The van der Waals surface area contributed by atoms with Gasteiger partial charge < -0.3 is 20.7 Å². The first-order valence-corrected chi connectivity index (χ1v) is 9.57. The summed E-state index contributed by atoms with van der Waals surface area (Å²) in [7, 11) is 1.74. The molecular formula is C21H28ClIN4O2. The number of halogens is 2. The van der Waals surface area contributed by atoms with E-state index in [1.807, 2.05) is 43.3 Å². The number of rotatable bonds is 8. The minimum absolute atomic E-state index is 0. The van der Waals surface area contributed by atoms with E-state index in [4.69, 9.17) is 16.3 Å². The first-order chi connectivity index (χ1) is 13.5. The molecule has 1 atom stereocenters. The van der Waals surface area contributed by atoms with Crippen molar-refractivity contribution >= 4 is 53.1 Å². The molecule has 2 rings (SSSR count). The zero-order chi connectivity index (χ0) is 20.4. The second-order valence-electron chi connectivity index (χ2n) is 6.39. The molecule has 0 saturated heterocycles. The maximum Gasteiger partial charge on any atom is 0.221 e. The second kappa shape index (κ2) is 13.3. The average Bonchev–Trinajstić information content (AvgIpc) is 2.67. The minimum atomic E-state index is -0.0708.